The lowest BCUT2D eigenvalue weighted by Gasteiger charge is -2.15. The molecule has 1 rings (SSSR count). The van der Waals surface area contributed by atoms with Crippen molar-refractivity contribution in [1.82, 2.24) is 15.5 Å². The number of amides is 1. The Kier molecular flexibility index (Phi) is 4.99. The first kappa shape index (κ1) is 14.3. The van der Waals surface area contributed by atoms with Crippen LogP contribution in [0, 0.1) is 13.8 Å². The summed E-state index contributed by atoms with van der Waals surface area (Å²) in [4.78, 5) is 23.5. The number of nitrogens with zero attached hydrogens (tertiary/aromatic N) is 1. The fraction of sp³-hybridized carbons (Fsp3) is 0.545. The molecule has 1 atom stereocenters. The summed E-state index contributed by atoms with van der Waals surface area (Å²) in [6.45, 7) is 3.25. The second-order valence-electron chi connectivity index (χ2n) is 3.95. The number of rotatable bonds is 5. The molecule has 0 aliphatic rings. The number of methoxy groups -OCH3 is 1. The van der Waals surface area contributed by atoms with Crippen LogP contribution in [0.3, 0.4) is 0 Å². The molecule has 0 saturated heterocycles. The van der Waals surface area contributed by atoms with Gasteiger partial charge in [0.2, 0.25) is 0 Å². The molecule has 1 heterocycles. The smallest absolute Gasteiger partial charge is 0.277 e. The van der Waals surface area contributed by atoms with E-state index in [1.54, 1.807) is 13.8 Å². The molecular formula is C11H17N3O4. The summed E-state index contributed by atoms with van der Waals surface area (Å²) in [5.74, 6) is -0.546. The molecule has 1 amide bonds. The Labute approximate surface area is 104 Å². The van der Waals surface area contributed by atoms with E-state index >= 15 is 0 Å². The molecule has 100 valence electrons. The van der Waals surface area contributed by atoms with Gasteiger partial charge in [-0.25, -0.2) is 5.10 Å². The Morgan fingerprint density at radius 3 is 2.78 bits per heavy atom. The van der Waals surface area contributed by atoms with Gasteiger partial charge in [-0.05, 0) is 19.4 Å². The van der Waals surface area contributed by atoms with Crippen LogP contribution < -0.4 is 10.9 Å². The highest BCUT2D eigenvalue weighted by Crippen LogP contribution is 2.05. The average Bonchev–Trinajstić information content (AvgIpc) is 2.34. The molecule has 3 N–H and O–H groups in total. The van der Waals surface area contributed by atoms with Gasteiger partial charge in [-0.2, -0.15) is 5.10 Å². The van der Waals surface area contributed by atoms with Gasteiger partial charge in [-0.15, -0.1) is 0 Å². The number of hydrogen-bond donors (Lipinski definition) is 3. The Balaban J connectivity index is 2.97. The molecule has 7 heteroatoms. The number of aliphatic hydroxyl groups excluding tert-OH is 1. The number of carbonyl (C=O) groups excluding carboxylic acids is 1. The topological polar surface area (TPSA) is 104 Å². The molecule has 1 aromatic rings. The zero-order valence-electron chi connectivity index (χ0n) is 10.6. The third-order valence-electron chi connectivity index (χ3n) is 2.62. The van der Waals surface area contributed by atoms with Gasteiger partial charge < -0.3 is 15.2 Å². The van der Waals surface area contributed by atoms with E-state index in [0.29, 0.717) is 11.3 Å². The number of ether oxygens (including phenoxy) is 1. The molecule has 1 aromatic heterocycles. The van der Waals surface area contributed by atoms with Crippen molar-refractivity contribution in [2.45, 2.75) is 19.9 Å². The number of aryl methyl sites for hydroxylation is 1. The second kappa shape index (κ2) is 6.27. The van der Waals surface area contributed by atoms with Crippen molar-refractivity contribution in [2.24, 2.45) is 0 Å². The molecule has 18 heavy (non-hydrogen) atoms. The third-order valence-corrected chi connectivity index (χ3v) is 2.62. The third kappa shape index (κ3) is 3.14. The number of aromatic nitrogens is 2. The van der Waals surface area contributed by atoms with Crippen LogP contribution in [0.5, 0.6) is 0 Å². The van der Waals surface area contributed by atoms with Gasteiger partial charge in [-0.3, -0.25) is 9.59 Å². The van der Waals surface area contributed by atoms with E-state index in [1.165, 1.54) is 7.11 Å². The molecule has 0 bridgehead atoms. The largest absolute Gasteiger partial charge is 0.394 e. The highest BCUT2D eigenvalue weighted by Gasteiger charge is 2.19. The van der Waals surface area contributed by atoms with Crippen molar-refractivity contribution in [1.29, 1.82) is 0 Å². The van der Waals surface area contributed by atoms with E-state index < -0.39 is 17.5 Å². The van der Waals surface area contributed by atoms with Gasteiger partial charge in [0.15, 0.2) is 0 Å². The van der Waals surface area contributed by atoms with Crippen LogP contribution in [-0.4, -0.2) is 47.6 Å². The highest BCUT2D eigenvalue weighted by molar-refractivity contribution is 5.95. The van der Waals surface area contributed by atoms with Crippen molar-refractivity contribution < 1.29 is 14.6 Å². The molecule has 0 aromatic carbocycles. The van der Waals surface area contributed by atoms with Crippen LogP contribution in [0.2, 0.25) is 0 Å². The monoisotopic (exact) mass is 255 g/mol. The summed E-state index contributed by atoms with van der Waals surface area (Å²) in [6, 6.07) is -0.547. The zero-order chi connectivity index (χ0) is 13.7. The minimum atomic E-state index is -0.551. The lowest BCUT2D eigenvalue weighted by molar-refractivity contribution is 0.0837. The molecule has 1 unspecified atom stereocenters. The van der Waals surface area contributed by atoms with Crippen molar-refractivity contribution >= 4 is 5.91 Å². The normalized spacial score (nSPS) is 12.2. The fourth-order valence-corrected chi connectivity index (χ4v) is 1.50. The number of nitrogens with one attached hydrogen (secondary N) is 2. The first-order valence-corrected chi connectivity index (χ1v) is 5.47. The van der Waals surface area contributed by atoms with Crippen LogP contribution in [-0.2, 0) is 4.74 Å². The van der Waals surface area contributed by atoms with Gasteiger partial charge >= 0.3 is 0 Å². The van der Waals surface area contributed by atoms with E-state index in [0.717, 1.165) is 0 Å². The first-order valence-electron chi connectivity index (χ1n) is 5.47. The predicted molar refractivity (Wildman–Crippen MR) is 64.5 cm³/mol. The molecular weight excluding hydrogens is 238 g/mol. The zero-order valence-corrected chi connectivity index (χ0v) is 10.6. The molecule has 0 aliphatic heterocycles. The maximum Gasteiger partial charge on any atom is 0.277 e. The van der Waals surface area contributed by atoms with Crippen molar-refractivity contribution in [3.05, 3.63) is 27.2 Å². The standard InChI is InChI=1S/C11H17N3O4/c1-6-7(2)13-14-11(17)9(6)10(16)12-8(4-15)5-18-3/h8,15H,4-5H2,1-3H3,(H,12,16)(H,14,17). The van der Waals surface area contributed by atoms with Crippen LogP contribution in [0.4, 0.5) is 0 Å². The lowest BCUT2D eigenvalue weighted by Crippen LogP contribution is -2.43. The summed E-state index contributed by atoms with van der Waals surface area (Å²) >= 11 is 0. The first-order chi connectivity index (χ1) is 8.51. The van der Waals surface area contributed by atoms with Crippen LogP contribution in [0.15, 0.2) is 4.79 Å². The van der Waals surface area contributed by atoms with E-state index in [4.69, 9.17) is 9.84 Å². The molecule has 0 saturated carbocycles. The molecule has 0 fully saturated rings. The molecule has 0 aliphatic carbocycles. The predicted octanol–water partition coefficient (Wildman–Crippen LogP) is -0.876. The average molecular weight is 255 g/mol. The SMILES string of the molecule is COCC(CO)NC(=O)c1c(C)c(C)n[nH]c1=O. The van der Waals surface area contributed by atoms with E-state index in [9.17, 15) is 9.59 Å². The highest BCUT2D eigenvalue weighted by atomic mass is 16.5. The van der Waals surface area contributed by atoms with Gasteiger partial charge in [0.1, 0.15) is 5.56 Å². The Hall–Kier alpha value is -1.73. The van der Waals surface area contributed by atoms with Crippen molar-refractivity contribution in [2.75, 3.05) is 20.3 Å². The lowest BCUT2D eigenvalue weighted by atomic mass is 10.1. The van der Waals surface area contributed by atoms with Gasteiger partial charge in [0.25, 0.3) is 11.5 Å². The molecule has 0 spiro atoms. The number of hydrogen-bond acceptors (Lipinski definition) is 5. The van der Waals surface area contributed by atoms with Crippen molar-refractivity contribution in [3.8, 4) is 0 Å². The van der Waals surface area contributed by atoms with Crippen LogP contribution in [0.1, 0.15) is 21.6 Å². The second-order valence-corrected chi connectivity index (χ2v) is 3.95. The summed E-state index contributed by atoms with van der Waals surface area (Å²) < 4.78 is 4.84. The minimum absolute atomic E-state index is 0.0112. The summed E-state index contributed by atoms with van der Waals surface area (Å²) in [5, 5.41) is 17.6. The Morgan fingerprint density at radius 2 is 2.22 bits per heavy atom. The summed E-state index contributed by atoms with van der Waals surface area (Å²) in [5.41, 5.74) is 0.555. The maximum atomic E-state index is 12.0. The van der Waals surface area contributed by atoms with Gasteiger partial charge in [0.05, 0.1) is 24.9 Å². The van der Waals surface area contributed by atoms with Gasteiger partial charge in [-0.1, -0.05) is 0 Å². The van der Waals surface area contributed by atoms with Crippen LogP contribution in [0.25, 0.3) is 0 Å². The fourth-order valence-electron chi connectivity index (χ4n) is 1.50. The molecule has 7 nitrogen and oxygen atoms in total. The maximum absolute atomic E-state index is 12.0. The number of H-pyrrole nitrogens is 1. The number of aliphatic hydroxyl groups is 1. The quantitative estimate of drug-likeness (QED) is 0.634. The number of aromatic amines is 1. The Morgan fingerprint density at radius 1 is 1.56 bits per heavy atom. The molecule has 0 radical (unpaired) electrons. The van der Waals surface area contributed by atoms with E-state index in [-0.39, 0.29) is 18.8 Å². The van der Waals surface area contributed by atoms with Crippen LogP contribution >= 0.6 is 0 Å². The summed E-state index contributed by atoms with van der Waals surface area (Å²) in [7, 11) is 1.46. The van der Waals surface area contributed by atoms with Crippen molar-refractivity contribution in [3.63, 3.8) is 0 Å². The van der Waals surface area contributed by atoms with Gasteiger partial charge in [0, 0.05) is 7.11 Å². The van der Waals surface area contributed by atoms with E-state index in [1.807, 2.05) is 0 Å². The summed E-state index contributed by atoms with van der Waals surface area (Å²) in [6.07, 6.45) is 0. The Bertz CT molecular complexity index is 484. The van der Waals surface area contributed by atoms with E-state index in [2.05, 4.69) is 15.5 Å². The number of carbonyl (C=O) groups is 1. The minimum Gasteiger partial charge on any atom is -0.394 e.